The minimum absolute atomic E-state index is 0.172. The van der Waals surface area contributed by atoms with Gasteiger partial charge in [-0.05, 0) is 86.1 Å². The normalized spacial score (nSPS) is 22.9. The van der Waals surface area contributed by atoms with Gasteiger partial charge in [-0.2, -0.15) is 0 Å². The lowest BCUT2D eigenvalue weighted by molar-refractivity contribution is 0.0331. The molecule has 2 atom stereocenters. The SMILES string of the molecule is CCO/N=C(\N)c1c(C)c(C)c(/C(N)=N/OCC)c2c1Oc1cc3c(c(CN4CCOCC4)c1O2)C1(C)CCC3(C)c2c1cc(OC)c(OC)c2CN1CCOCC1. The highest BCUT2D eigenvalue weighted by Crippen LogP contribution is 2.66. The lowest BCUT2D eigenvalue weighted by Gasteiger charge is -2.55. The molecule has 6 aliphatic rings. The van der Waals surface area contributed by atoms with Crippen molar-refractivity contribution in [3.8, 4) is 34.5 Å². The van der Waals surface area contributed by atoms with Gasteiger partial charge < -0.3 is 49.6 Å². The van der Waals surface area contributed by atoms with Crippen molar-refractivity contribution in [1.29, 1.82) is 0 Å². The summed E-state index contributed by atoms with van der Waals surface area (Å²) in [6.07, 6.45) is 1.88. The molecule has 0 saturated carbocycles. The fourth-order valence-corrected chi connectivity index (χ4v) is 9.96. The second-order valence-electron chi connectivity index (χ2n) is 16.2. The summed E-state index contributed by atoms with van der Waals surface area (Å²) in [5, 5.41) is 8.52. The van der Waals surface area contributed by atoms with Gasteiger partial charge >= 0.3 is 0 Å². The average Bonchev–Trinajstić information content (AvgIpc) is 3.23. The zero-order chi connectivity index (χ0) is 40.9. The predicted molar refractivity (Wildman–Crippen MR) is 221 cm³/mol. The molecule has 9 rings (SSSR count). The van der Waals surface area contributed by atoms with Crippen LogP contribution >= 0.6 is 0 Å². The van der Waals surface area contributed by atoms with E-state index in [4.69, 9.17) is 49.6 Å². The molecule has 0 radical (unpaired) electrons. The van der Waals surface area contributed by atoms with Crippen LogP contribution in [0.1, 0.15) is 96.2 Å². The number of methoxy groups -OCH3 is 2. The van der Waals surface area contributed by atoms with Gasteiger partial charge in [0.05, 0.1) is 51.8 Å². The van der Waals surface area contributed by atoms with E-state index in [9.17, 15) is 0 Å². The van der Waals surface area contributed by atoms with Crippen LogP contribution < -0.4 is 30.4 Å². The number of benzene rings is 3. The van der Waals surface area contributed by atoms with Gasteiger partial charge in [0.25, 0.3) is 0 Å². The smallest absolute Gasteiger partial charge is 0.182 e. The van der Waals surface area contributed by atoms with E-state index in [2.05, 4.69) is 46.1 Å². The fraction of sp³-hybridized carbons (Fsp3) is 0.545. The molecule has 58 heavy (non-hydrogen) atoms. The maximum absolute atomic E-state index is 7.24. The Morgan fingerprint density at radius 2 is 1.17 bits per heavy atom. The largest absolute Gasteiger partial charge is 0.493 e. The van der Waals surface area contributed by atoms with Crippen molar-refractivity contribution in [3.63, 3.8) is 0 Å². The zero-order valence-corrected chi connectivity index (χ0v) is 35.3. The molecule has 2 bridgehead atoms. The van der Waals surface area contributed by atoms with E-state index in [1.807, 2.05) is 27.7 Å². The Bertz CT molecular complexity index is 2160. The van der Waals surface area contributed by atoms with Crippen LogP contribution in [0.15, 0.2) is 22.4 Å². The summed E-state index contributed by atoms with van der Waals surface area (Å²) in [7, 11) is 3.47. The highest BCUT2D eigenvalue weighted by atomic mass is 16.6. The molecule has 3 aliphatic heterocycles. The van der Waals surface area contributed by atoms with Gasteiger partial charge in [-0.3, -0.25) is 9.80 Å². The van der Waals surface area contributed by atoms with Crippen LogP contribution in [0.25, 0.3) is 0 Å². The Morgan fingerprint density at radius 1 is 0.690 bits per heavy atom. The maximum atomic E-state index is 7.24. The molecule has 2 unspecified atom stereocenters. The monoisotopic (exact) mass is 798 g/mol. The Kier molecular flexibility index (Phi) is 10.9. The zero-order valence-electron chi connectivity index (χ0n) is 35.3. The third kappa shape index (κ3) is 6.39. The molecule has 3 aliphatic carbocycles. The number of morpholine rings is 2. The van der Waals surface area contributed by atoms with E-state index in [1.165, 1.54) is 22.3 Å². The Labute approximate surface area is 341 Å². The van der Waals surface area contributed by atoms with Crippen LogP contribution in [-0.4, -0.2) is 102 Å². The number of nitrogens with zero attached hydrogens (tertiary/aromatic N) is 4. The molecule has 3 aromatic carbocycles. The van der Waals surface area contributed by atoms with E-state index >= 15 is 0 Å². The van der Waals surface area contributed by atoms with Crippen molar-refractivity contribution in [3.05, 3.63) is 67.8 Å². The highest BCUT2D eigenvalue weighted by molar-refractivity contribution is 6.08. The van der Waals surface area contributed by atoms with E-state index < -0.39 is 10.8 Å². The summed E-state index contributed by atoms with van der Waals surface area (Å²) in [5.74, 6) is 3.91. The Hall–Kier alpha value is -4.76. The quantitative estimate of drug-likeness (QED) is 0.0994. The van der Waals surface area contributed by atoms with E-state index in [-0.39, 0.29) is 11.7 Å². The van der Waals surface area contributed by atoms with Gasteiger partial charge in [0.2, 0.25) is 0 Å². The summed E-state index contributed by atoms with van der Waals surface area (Å²) < 4.78 is 38.3. The van der Waals surface area contributed by atoms with Gasteiger partial charge in [-0.15, -0.1) is 0 Å². The summed E-state index contributed by atoms with van der Waals surface area (Å²) in [4.78, 5) is 15.8. The van der Waals surface area contributed by atoms with Crippen molar-refractivity contribution in [2.45, 2.75) is 78.3 Å². The molecule has 14 heteroatoms. The predicted octanol–water partition coefficient (Wildman–Crippen LogP) is 5.92. The van der Waals surface area contributed by atoms with E-state index in [0.29, 0.717) is 80.3 Å². The molecule has 3 heterocycles. The molecule has 2 saturated heterocycles. The second-order valence-corrected chi connectivity index (χ2v) is 16.2. The first-order valence-electron chi connectivity index (χ1n) is 20.5. The second kappa shape index (κ2) is 15.8. The number of oxime groups is 2. The number of nitrogens with two attached hydrogens (primary N) is 2. The molecule has 4 N–H and O–H groups in total. The number of hydrogen-bond donors (Lipinski definition) is 2. The van der Waals surface area contributed by atoms with Crippen LogP contribution in [0, 0.1) is 13.8 Å². The Balaban J connectivity index is 1.40. The number of rotatable bonds is 12. The van der Waals surface area contributed by atoms with Crippen LogP contribution in [-0.2, 0) is 43.1 Å². The van der Waals surface area contributed by atoms with Crippen LogP contribution in [0.3, 0.4) is 0 Å². The van der Waals surface area contributed by atoms with Crippen molar-refractivity contribution in [2.75, 3.05) is 80.0 Å². The summed E-state index contributed by atoms with van der Waals surface area (Å²) in [5.41, 5.74) is 22.7. The number of ether oxygens (including phenoxy) is 6. The summed E-state index contributed by atoms with van der Waals surface area (Å²) in [6.45, 7) is 20.5. The first-order chi connectivity index (χ1) is 28.0. The first kappa shape index (κ1) is 40.0. The van der Waals surface area contributed by atoms with Gasteiger partial charge in [0, 0.05) is 61.2 Å². The van der Waals surface area contributed by atoms with Crippen molar-refractivity contribution >= 4 is 11.7 Å². The molecule has 312 valence electrons. The highest BCUT2D eigenvalue weighted by Gasteiger charge is 2.56. The molecule has 0 spiro atoms. The maximum Gasteiger partial charge on any atom is 0.182 e. The molecule has 14 nitrogen and oxygen atoms in total. The molecule has 3 aromatic rings. The topological polar surface area (TPSA) is 157 Å². The van der Waals surface area contributed by atoms with Crippen molar-refractivity contribution in [1.82, 2.24) is 9.80 Å². The molecule has 2 fully saturated rings. The number of amidine groups is 2. The summed E-state index contributed by atoms with van der Waals surface area (Å²) in [6, 6.07) is 4.43. The standard InChI is InChI=1S/C44H58N6O8/c1-9-55-47-41(45)33-25(3)26(4)34(42(46)48-56-10-2)40-39(33)57-32-22-30-36(28(38(32)58-40)24-50-15-19-54-20-16-50)43(5)11-12-44(30,6)35-27(23-49-13-17-53-18-14-49)37(52-8)31(51-7)21-29(35)43/h21-22H,9-20,23-24H2,1-8H3,(H2,45,47)(H2,46,48). The van der Waals surface area contributed by atoms with Gasteiger partial charge in [0.1, 0.15) is 13.2 Å². The molecule has 0 amide bonds. The Morgan fingerprint density at radius 3 is 1.67 bits per heavy atom. The van der Waals surface area contributed by atoms with E-state index in [1.54, 1.807) is 14.2 Å². The molecular formula is C44H58N6O8. The van der Waals surface area contributed by atoms with Crippen LogP contribution in [0.2, 0.25) is 0 Å². The minimum Gasteiger partial charge on any atom is -0.493 e. The lowest BCUT2D eigenvalue weighted by atomic mass is 9.48. The molecular weight excluding hydrogens is 741 g/mol. The average molecular weight is 799 g/mol. The summed E-state index contributed by atoms with van der Waals surface area (Å²) >= 11 is 0. The van der Waals surface area contributed by atoms with Crippen LogP contribution in [0.4, 0.5) is 0 Å². The number of fused-ring (bicyclic) bond motifs is 3. The third-order valence-corrected chi connectivity index (χ3v) is 13.0. The molecule has 0 aromatic heterocycles. The van der Waals surface area contributed by atoms with Gasteiger partial charge in [-0.25, -0.2) is 0 Å². The fourth-order valence-electron chi connectivity index (χ4n) is 9.96. The van der Waals surface area contributed by atoms with Crippen molar-refractivity contribution in [2.24, 2.45) is 21.8 Å². The first-order valence-corrected chi connectivity index (χ1v) is 20.5. The van der Waals surface area contributed by atoms with Crippen molar-refractivity contribution < 1.29 is 38.1 Å². The van der Waals surface area contributed by atoms with Gasteiger partial charge in [0.15, 0.2) is 46.2 Å². The van der Waals surface area contributed by atoms with Gasteiger partial charge in [-0.1, -0.05) is 24.2 Å². The van der Waals surface area contributed by atoms with Crippen LogP contribution in [0.5, 0.6) is 34.5 Å². The van der Waals surface area contributed by atoms with E-state index in [0.717, 1.165) is 79.3 Å². The number of hydrogen-bond acceptors (Lipinski definition) is 12. The third-order valence-electron chi connectivity index (χ3n) is 13.0. The lowest BCUT2D eigenvalue weighted by Crippen LogP contribution is -2.49. The minimum atomic E-state index is -0.400.